The Morgan fingerprint density at radius 3 is 2.66 bits per heavy atom. The molecule has 0 spiro atoms. The highest BCUT2D eigenvalue weighted by Crippen LogP contribution is 2.27. The lowest BCUT2D eigenvalue weighted by molar-refractivity contribution is -0.120. The van der Waals surface area contributed by atoms with Gasteiger partial charge < -0.3 is 14.8 Å². The van der Waals surface area contributed by atoms with Crippen LogP contribution in [0.1, 0.15) is 15.2 Å². The van der Waals surface area contributed by atoms with Crippen LogP contribution in [0.25, 0.3) is 10.1 Å². The Hall–Kier alpha value is -3.46. The number of halogens is 1. The molecule has 2 N–H and O–H groups in total. The lowest BCUT2D eigenvalue weighted by Crippen LogP contribution is -2.34. The number of hydrazone groups is 1. The smallest absolute Gasteiger partial charge is 0.259 e. The van der Waals surface area contributed by atoms with Crippen molar-refractivity contribution in [3.05, 3.63) is 58.7 Å². The van der Waals surface area contributed by atoms with Crippen LogP contribution >= 0.6 is 11.3 Å². The first-order valence-electron chi connectivity index (χ1n) is 8.52. The van der Waals surface area contributed by atoms with Crippen LogP contribution in [-0.2, 0) is 4.79 Å². The molecule has 1 heterocycles. The van der Waals surface area contributed by atoms with E-state index in [2.05, 4.69) is 15.8 Å². The number of rotatable bonds is 7. The van der Waals surface area contributed by atoms with Crippen LogP contribution in [0.5, 0.6) is 11.5 Å². The van der Waals surface area contributed by atoms with Crippen LogP contribution in [0, 0.1) is 5.82 Å². The highest BCUT2D eigenvalue weighted by molar-refractivity contribution is 7.20. The average molecular weight is 415 g/mol. The van der Waals surface area contributed by atoms with E-state index in [1.54, 1.807) is 24.3 Å². The number of nitrogens with one attached hydrogen (secondary N) is 2. The van der Waals surface area contributed by atoms with Crippen LogP contribution in [0.3, 0.4) is 0 Å². The molecule has 0 unspecified atom stereocenters. The lowest BCUT2D eigenvalue weighted by atomic mass is 10.2. The van der Waals surface area contributed by atoms with E-state index in [0.717, 1.165) is 4.70 Å². The number of ether oxygens (including phenoxy) is 2. The summed E-state index contributed by atoms with van der Waals surface area (Å²) in [6, 6.07) is 11.2. The summed E-state index contributed by atoms with van der Waals surface area (Å²) >= 11 is 1.35. The zero-order valence-corrected chi connectivity index (χ0v) is 16.5. The van der Waals surface area contributed by atoms with Gasteiger partial charge in [0.25, 0.3) is 11.8 Å². The van der Waals surface area contributed by atoms with Crippen LogP contribution in [-0.4, -0.2) is 38.8 Å². The molecule has 0 saturated heterocycles. The topological polar surface area (TPSA) is 89.0 Å². The van der Waals surface area contributed by atoms with Crippen molar-refractivity contribution in [2.24, 2.45) is 5.10 Å². The van der Waals surface area contributed by atoms with Gasteiger partial charge in [0, 0.05) is 20.5 Å². The third kappa shape index (κ3) is 4.88. The molecule has 0 aliphatic carbocycles. The van der Waals surface area contributed by atoms with Crippen molar-refractivity contribution in [1.82, 2.24) is 10.7 Å². The zero-order valence-electron chi connectivity index (χ0n) is 15.7. The number of benzene rings is 2. The molecule has 0 aliphatic rings. The van der Waals surface area contributed by atoms with Gasteiger partial charge in [0.1, 0.15) is 5.82 Å². The highest BCUT2D eigenvalue weighted by Gasteiger charge is 2.12. The molecule has 2 amide bonds. The summed E-state index contributed by atoms with van der Waals surface area (Å²) in [5.74, 6) is -0.334. The number of nitrogens with zero attached hydrogens (tertiary/aromatic N) is 1. The molecule has 0 aliphatic heterocycles. The fourth-order valence-electron chi connectivity index (χ4n) is 2.56. The van der Waals surface area contributed by atoms with Gasteiger partial charge >= 0.3 is 0 Å². The zero-order chi connectivity index (χ0) is 20.8. The van der Waals surface area contributed by atoms with Gasteiger partial charge in [-0.25, -0.2) is 9.82 Å². The molecule has 9 heteroatoms. The third-order valence-electron chi connectivity index (χ3n) is 3.96. The maximum atomic E-state index is 13.7. The first kappa shape index (κ1) is 20.3. The molecule has 7 nitrogen and oxygen atoms in total. The van der Waals surface area contributed by atoms with Gasteiger partial charge in [0.05, 0.1) is 27.0 Å². The number of thiophene rings is 1. The maximum Gasteiger partial charge on any atom is 0.259 e. The van der Waals surface area contributed by atoms with Crippen LogP contribution < -0.4 is 20.2 Å². The lowest BCUT2D eigenvalue weighted by Gasteiger charge is -2.09. The Morgan fingerprint density at radius 1 is 1.14 bits per heavy atom. The maximum absolute atomic E-state index is 13.7. The molecule has 3 rings (SSSR count). The first-order chi connectivity index (χ1) is 14.0. The van der Waals surface area contributed by atoms with Crippen molar-refractivity contribution in [1.29, 1.82) is 0 Å². The van der Waals surface area contributed by atoms with Crippen molar-refractivity contribution >= 4 is 39.5 Å². The van der Waals surface area contributed by atoms with E-state index in [-0.39, 0.29) is 12.4 Å². The van der Waals surface area contributed by atoms with Gasteiger partial charge in [-0.2, -0.15) is 5.10 Å². The Morgan fingerprint density at radius 2 is 1.93 bits per heavy atom. The Bertz CT molecular complexity index is 1080. The average Bonchev–Trinajstić information content (AvgIpc) is 3.15. The standard InChI is InChI=1S/C20H18FN3O4S/c1-27-16-7-6-12(8-17(16)28-2)20(26)22-11-19(25)24-23-10-13-9-14-15(21)4-3-5-18(14)29-13/h3-10H,11H2,1-2H3,(H,22,26)(H,24,25)/b23-10+. The number of carbonyl (C=O) groups excluding carboxylic acids is 2. The summed E-state index contributed by atoms with van der Waals surface area (Å²) in [4.78, 5) is 24.8. The number of carbonyl (C=O) groups is 2. The van der Waals surface area contributed by atoms with E-state index in [1.807, 2.05) is 6.07 Å². The minimum Gasteiger partial charge on any atom is -0.493 e. The van der Waals surface area contributed by atoms with Crippen LogP contribution in [0.2, 0.25) is 0 Å². The summed E-state index contributed by atoms with van der Waals surface area (Å²) in [7, 11) is 2.97. The van der Waals surface area contributed by atoms with E-state index < -0.39 is 11.8 Å². The quantitative estimate of drug-likeness (QED) is 0.459. The van der Waals surface area contributed by atoms with E-state index in [4.69, 9.17) is 9.47 Å². The summed E-state index contributed by atoms with van der Waals surface area (Å²) in [6.07, 6.45) is 1.43. The fourth-order valence-corrected chi connectivity index (χ4v) is 3.51. The molecule has 0 atom stereocenters. The minimum atomic E-state index is -0.498. The summed E-state index contributed by atoms with van der Waals surface area (Å²) in [5, 5.41) is 6.85. The summed E-state index contributed by atoms with van der Waals surface area (Å²) in [5.41, 5.74) is 2.65. The summed E-state index contributed by atoms with van der Waals surface area (Å²) < 4.78 is 24.8. The van der Waals surface area contributed by atoms with Crippen molar-refractivity contribution in [2.75, 3.05) is 20.8 Å². The molecule has 2 aromatic carbocycles. The Balaban J connectivity index is 1.53. The number of hydrogen-bond acceptors (Lipinski definition) is 6. The molecule has 0 radical (unpaired) electrons. The first-order valence-corrected chi connectivity index (χ1v) is 9.33. The number of fused-ring (bicyclic) bond motifs is 1. The van der Waals surface area contributed by atoms with E-state index in [1.165, 1.54) is 43.9 Å². The second-order valence-corrected chi connectivity index (χ2v) is 6.96. The second-order valence-electron chi connectivity index (χ2n) is 5.85. The van der Waals surface area contributed by atoms with Gasteiger partial charge in [0.2, 0.25) is 0 Å². The molecule has 0 bridgehead atoms. The molecule has 1 aromatic heterocycles. The molecule has 0 fully saturated rings. The Labute approximate surface area is 170 Å². The van der Waals surface area contributed by atoms with Crippen molar-refractivity contribution < 1.29 is 23.5 Å². The number of hydrogen-bond donors (Lipinski definition) is 2. The predicted octanol–water partition coefficient (Wildman–Crippen LogP) is 2.94. The Kier molecular flexibility index (Phi) is 6.40. The molecule has 150 valence electrons. The molecule has 0 saturated carbocycles. The second kappa shape index (κ2) is 9.16. The predicted molar refractivity (Wildman–Crippen MR) is 109 cm³/mol. The minimum absolute atomic E-state index is 0.258. The van der Waals surface area contributed by atoms with Crippen LogP contribution in [0.15, 0.2) is 47.6 Å². The van der Waals surface area contributed by atoms with Gasteiger partial charge in [-0.05, 0) is 36.4 Å². The van der Waals surface area contributed by atoms with E-state index >= 15 is 0 Å². The molecule has 3 aromatic rings. The number of methoxy groups -OCH3 is 2. The van der Waals surface area contributed by atoms with Crippen LogP contribution in [0.4, 0.5) is 4.39 Å². The third-order valence-corrected chi connectivity index (χ3v) is 5.00. The fraction of sp³-hybridized carbons (Fsp3) is 0.150. The monoisotopic (exact) mass is 415 g/mol. The van der Waals surface area contributed by atoms with Gasteiger partial charge in [0.15, 0.2) is 11.5 Å². The van der Waals surface area contributed by atoms with Crippen molar-refractivity contribution in [3.8, 4) is 11.5 Å². The van der Waals surface area contributed by atoms with Crippen molar-refractivity contribution in [2.45, 2.75) is 0 Å². The van der Waals surface area contributed by atoms with E-state index in [9.17, 15) is 14.0 Å². The highest BCUT2D eigenvalue weighted by atomic mass is 32.1. The van der Waals surface area contributed by atoms with E-state index in [0.29, 0.717) is 27.3 Å². The SMILES string of the molecule is COc1ccc(C(=O)NCC(=O)N/N=C/c2cc3c(F)cccc3s2)cc1OC. The van der Waals surface area contributed by atoms with Gasteiger partial charge in [-0.3, -0.25) is 9.59 Å². The largest absolute Gasteiger partial charge is 0.493 e. The van der Waals surface area contributed by atoms with Gasteiger partial charge in [-0.15, -0.1) is 11.3 Å². The normalized spacial score (nSPS) is 10.9. The molecule has 29 heavy (non-hydrogen) atoms. The number of amides is 2. The van der Waals surface area contributed by atoms with Crippen molar-refractivity contribution in [3.63, 3.8) is 0 Å². The molecular formula is C20H18FN3O4S. The molecular weight excluding hydrogens is 397 g/mol. The van der Waals surface area contributed by atoms with Gasteiger partial charge in [-0.1, -0.05) is 6.07 Å². The summed E-state index contributed by atoms with van der Waals surface area (Å²) in [6.45, 7) is -0.258.